The van der Waals surface area contributed by atoms with Gasteiger partial charge in [-0.05, 0) is 30.9 Å². The molecule has 1 unspecified atom stereocenters. The van der Waals surface area contributed by atoms with Crippen molar-refractivity contribution in [3.63, 3.8) is 0 Å². The lowest BCUT2D eigenvalue weighted by molar-refractivity contribution is 0.0925. The summed E-state index contributed by atoms with van der Waals surface area (Å²) in [5.41, 5.74) is 2.95. The van der Waals surface area contributed by atoms with E-state index >= 15 is 0 Å². The molecule has 0 spiro atoms. The Morgan fingerprint density at radius 3 is 2.52 bits per heavy atom. The summed E-state index contributed by atoms with van der Waals surface area (Å²) in [5, 5.41) is 0. The fraction of sp³-hybridized carbons (Fsp3) is 0.400. The second kappa shape index (κ2) is 8.13. The van der Waals surface area contributed by atoms with Gasteiger partial charge in [-0.3, -0.25) is 0 Å². The maximum absolute atomic E-state index is 13.0. The van der Waals surface area contributed by atoms with Crippen molar-refractivity contribution >= 4 is 10.0 Å². The molecule has 5 heteroatoms. The Morgan fingerprint density at radius 2 is 1.84 bits per heavy atom. The minimum atomic E-state index is -3.42. The van der Waals surface area contributed by atoms with Crippen LogP contribution in [0.15, 0.2) is 54.6 Å². The zero-order valence-corrected chi connectivity index (χ0v) is 15.4. The lowest BCUT2D eigenvalue weighted by atomic mass is 10.1. The predicted octanol–water partition coefficient (Wildman–Crippen LogP) is 3.51. The van der Waals surface area contributed by atoms with Crippen LogP contribution in [0.5, 0.6) is 0 Å². The van der Waals surface area contributed by atoms with Crippen LogP contribution in [-0.2, 0) is 27.1 Å². The Morgan fingerprint density at radius 1 is 1.08 bits per heavy atom. The van der Waals surface area contributed by atoms with Crippen molar-refractivity contribution in [2.45, 2.75) is 38.2 Å². The summed E-state index contributed by atoms with van der Waals surface area (Å²) in [4.78, 5) is 0. The molecular weight excluding hydrogens is 334 g/mol. The van der Waals surface area contributed by atoms with Crippen molar-refractivity contribution in [3.05, 3.63) is 71.3 Å². The first-order valence-corrected chi connectivity index (χ1v) is 10.3. The Balaban J connectivity index is 1.81. The predicted molar refractivity (Wildman–Crippen MR) is 99.6 cm³/mol. The minimum absolute atomic E-state index is 0.00430. The van der Waals surface area contributed by atoms with Gasteiger partial charge in [0.15, 0.2) is 0 Å². The van der Waals surface area contributed by atoms with Crippen molar-refractivity contribution in [1.29, 1.82) is 0 Å². The molecule has 0 bridgehead atoms. The number of hydrogen-bond acceptors (Lipinski definition) is 3. The van der Waals surface area contributed by atoms with Crippen molar-refractivity contribution in [2.75, 3.05) is 13.2 Å². The molecule has 134 valence electrons. The van der Waals surface area contributed by atoms with Crippen molar-refractivity contribution in [3.8, 4) is 0 Å². The maximum atomic E-state index is 13.0. The van der Waals surface area contributed by atoms with E-state index in [2.05, 4.69) is 0 Å². The van der Waals surface area contributed by atoms with Gasteiger partial charge in [0, 0.05) is 19.7 Å². The van der Waals surface area contributed by atoms with Gasteiger partial charge in [0.2, 0.25) is 10.0 Å². The van der Waals surface area contributed by atoms with Gasteiger partial charge in [0.25, 0.3) is 0 Å². The van der Waals surface area contributed by atoms with Gasteiger partial charge < -0.3 is 4.74 Å². The van der Waals surface area contributed by atoms with Crippen LogP contribution in [0.4, 0.5) is 0 Å². The quantitative estimate of drug-likeness (QED) is 0.760. The van der Waals surface area contributed by atoms with Gasteiger partial charge in [-0.25, -0.2) is 8.42 Å². The minimum Gasteiger partial charge on any atom is -0.377 e. The molecule has 4 nitrogen and oxygen atoms in total. The molecule has 25 heavy (non-hydrogen) atoms. The normalized spacial score (nSPS) is 17.9. The summed E-state index contributed by atoms with van der Waals surface area (Å²) < 4.78 is 33.4. The number of rotatable bonds is 7. The van der Waals surface area contributed by atoms with Gasteiger partial charge in [-0.15, -0.1) is 0 Å². The fourth-order valence-electron chi connectivity index (χ4n) is 3.18. The van der Waals surface area contributed by atoms with Gasteiger partial charge in [-0.2, -0.15) is 4.31 Å². The maximum Gasteiger partial charge on any atom is 0.218 e. The van der Waals surface area contributed by atoms with Crippen molar-refractivity contribution < 1.29 is 13.2 Å². The Bertz CT molecular complexity index is 784. The monoisotopic (exact) mass is 359 g/mol. The van der Waals surface area contributed by atoms with E-state index in [0.29, 0.717) is 13.1 Å². The third kappa shape index (κ3) is 5.14. The molecule has 2 aromatic carbocycles. The number of hydrogen-bond donors (Lipinski definition) is 0. The summed E-state index contributed by atoms with van der Waals surface area (Å²) in [5.74, 6) is 0.0202. The molecule has 1 heterocycles. The average molecular weight is 359 g/mol. The zero-order valence-electron chi connectivity index (χ0n) is 14.6. The molecule has 0 aliphatic carbocycles. The van der Waals surface area contributed by atoms with Crippen LogP contribution in [-0.4, -0.2) is 32.0 Å². The van der Waals surface area contributed by atoms with Gasteiger partial charge in [0.05, 0.1) is 11.9 Å². The van der Waals surface area contributed by atoms with Crippen LogP contribution in [0, 0.1) is 6.92 Å². The second-order valence-corrected chi connectivity index (χ2v) is 8.63. The van der Waals surface area contributed by atoms with E-state index in [-0.39, 0.29) is 11.9 Å². The highest BCUT2D eigenvalue weighted by molar-refractivity contribution is 7.88. The highest BCUT2D eigenvalue weighted by Gasteiger charge is 2.28. The first kappa shape index (κ1) is 18.1. The Labute approximate surface area is 150 Å². The van der Waals surface area contributed by atoms with Crippen LogP contribution in [0.3, 0.4) is 0 Å². The van der Waals surface area contributed by atoms with E-state index in [1.54, 1.807) is 4.31 Å². The number of benzene rings is 2. The van der Waals surface area contributed by atoms with Gasteiger partial charge >= 0.3 is 0 Å². The molecule has 0 radical (unpaired) electrons. The molecule has 0 saturated carbocycles. The fourth-order valence-corrected chi connectivity index (χ4v) is 4.72. The van der Waals surface area contributed by atoms with E-state index in [0.717, 1.165) is 36.1 Å². The largest absolute Gasteiger partial charge is 0.377 e. The third-order valence-corrected chi connectivity index (χ3v) is 6.22. The zero-order chi connectivity index (χ0) is 17.7. The first-order valence-electron chi connectivity index (χ1n) is 8.72. The molecule has 1 fully saturated rings. The second-order valence-electron chi connectivity index (χ2n) is 6.66. The number of nitrogens with zero attached hydrogens (tertiary/aromatic N) is 1. The summed E-state index contributed by atoms with van der Waals surface area (Å²) in [7, 11) is -3.42. The van der Waals surface area contributed by atoms with Crippen LogP contribution in [0.25, 0.3) is 0 Å². The van der Waals surface area contributed by atoms with E-state index in [1.165, 1.54) is 0 Å². The summed E-state index contributed by atoms with van der Waals surface area (Å²) in [6.07, 6.45) is 1.92. The van der Waals surface area contributed by atoms with E-state index in [1.807, 2.05) is 61.5 Å². The van der Waals surface area contributed by atoms with Crippen molar-refractivity contribution in [1.82, 2.24) is 4.31 Å². The smallest absolute Gasteiger partial charge is 0.218 e. The molecule has 2 aromatic rings. The highest BCUT2D eigenvalue weighted by atomic mass is 32.2. The third-order valence-electron chi connectivity index (χ3n) is 4.46. The molecule has 1 saturated heterocycles. The van der Waals surface area contributed by atoms with Crippen LogP contribution >= 0.6 is 0 Å². The number of aryl methyl sites for hydroxylation is 1. The van der Waals surface area contributed by atoms with Gasteiger partial charge in [0.1, 0.15) is 0 Å². The summed E-state index contributed by atoms with van der Waals surface area (Å²) in [6.45, 7) is 3.55. The average Bonchev–Trinajstić information content (AvgIpc) is 3.08. The van der Waals surface area contributed by atoms with Crippen LogP contribution in [0.1, 0.15) is 29.5 Å². The standard InChI is InChI=1S/C20H25NO3S/c1-17-7-5-10-19(13-17)14-21(15-20-11-6-12-24-20)25(22,23)16-18-8-3-2-4-9-18/h2-5,7-10,13,20H,6,11-12,14-16H2,1H3. The lowest BCUT2D eigenvalue weighted by Crippen LogP contribution is -2.37. The van der Waals surface area contributed by atoms with E-state index < -0.39 is 10.0 Å². The SMILES string of the molecule is Cc1cccc(CN(CC2CCCO2)S(=O)(=O)Cc2ccccc2)c1. The molecule has 3 rings (SSSR count). The number of sulfonamides is 1. The Kier molecular flexibility index (Phi) is 5.89. The molecule has 0 N–H and O–H groups in total. The molecular formula is C20H25NO3S. The molecule has 1 aliphatic heterocycles. The van der Waals surface area contributed by atoms with E-state index in [4.69, 9.17) is 4.74 Å². The molecule has 1 atom stereocenters. The first-order chi connectivity index (χ1) is 12.0. The molecule has 0 aromatic heterocycles. The van der Waals surface area contributed by atoms with Crippen molar-refractivity contribution in [2.24, 2.45) is 0 Å². The number of ether oxygens (including phenoxy) is 1. The summed E-state index contributed by atoms with van der Waals surface area (Å²) in [6, 6.07) is 17.4. The molecule has 0 amide bonds. The lowest BCUT2D eigenvalue weighted by Gasteiger charge is -2.25. The van der Waals surface area contributed by atoms with E-state index in [9.17, 15) is 8.42 Å². The molecule has 1 aliphatic rings. The summed E-state index contributed by atoms with van der Waals surface area (Å²) >= 11 is 0. The topological polar surface area (TPSA) is 46.6 Å². The van der Waals surface area contributed by atoms with Crippen LogP contribution in [0.2, 0.25) is 0 Å². The Hall–Kier alpha value is -1.69. The van der Waals surface area contributed by atoms with Gasteiger partial charge in [-0.1, -0.05) is 60.2 Å². The highest BCUT2D eigenvalue weighted by Crippen LogP contribution is 2.20. The van der Waals surface area contributed by atoms with Crippen LogP contribution < -0.4 is 0 Å².